The summed E-state index contributed by atoms with van der Waals surface area (Å²) in [7, 11) is 0. The van der Waals surface area contributed by atoms with Crippen LogP contribution in [0.2, 0.25) is 0 Å². The molecule has 0 radical (unpaired) electrons. The number of allylic oxidation sites excluding steroid dienone is 4. The van der Waals surface area contributed by atoms with Crippen LogP contribution < -0.4 is 19.6 Å². The van der Waals surface area contributed by atoms with E-state index in [9.17, 15) is 38.4 Å². The molecule has 0 fully saturated rings. The van der Waals surface area contributed by atoms with Crippen molar-refractivity contribution >= 4 is 264 Å². The number of carbonyl (C=O) groups is 8. The van der Waals surface area contributed by atoms with Crippen LogP contribution in [0.3, 0.4) is 0 Å². The Kier molecular flexibility index (Phi) is 20.7. The number of hydrogen-bond acceptors (Lipinski definition) is 14. The molecule has 16 heterocycles. The van der Waals surface area contributed by atoms with Gasteiger partial charge in [0.1, 0.15) is 0 Å². The second-order valence-electron chi connectivity index (χ2n) is 44.6. The third kappa shape index (κ3) is 13.1. The van der Waals surface area contributed by atoms with Crippen molar-refractivity contribution in [2.75, 3.05) is 19.6 Å². The minimum atomic E-state index is -0.196. The van der Waals surface area contributed by atoms with E-state index in [4.69, 9.17) is 0 Å². The number of thiophene rings is 2. The zero-order valence-corrected chi connectivity index (χ0v) is 95.9. The first-order chi connectivity index (χ1) is 70.8. The van der Waals surface area contributed by atoms with Crippen LogP contribution in [0.1, 0.15) is 299 Å². The zero-order valence-electron chi connectivity index (χ0n) is 84.0. The molecule has 8 aromatic heterocycles. The Labute approximate surface area is 902 Å². The maximum absolute atomic E-state index is 13.5. The molecule has 0 amide bonds. The summed E-state index contributed by atoms with van der Waals surface area (Å²) in [6.07, 6.45) is 7.55. The Morgan fingerprint density at radius 3 is 0.872 bits per heavy atom. The molecule has 0 N–H and O–H groups in total. The molecule has 12 nitrogen and oxygen atoms in total. The predicted octanol–water partition coefficient (Wildman–Crippen LogP) is 28.4. The topological polar surface area (TPSA) is 150 Å². The normalized spacial score (nSPS) is 19.1. The molecule has 0 bridgehead atoms. The van der Waals surface area contributed by atoms with Gasteiger partial charge in [0.05, 0.1) is 0 Å². The van der Waals surface area contributed by atoms with Crippen molar-refractivity contribution in [3.8, 4) is 0 Å². The standard InChI is InChI=1S/C34H25NO2SSe.C34H25NO2Se2.C30H23NO2SSe.C30H23NO2Se2/c2*1-33(2)23-8-5-6-11-27(23)35-29-24(33)9-7-10-25(29)34(3,4)26-16-19(39-32(26)35)15-22-30(36)20-14-18-12-13-38-28(18)17-21(20)31(22)37;2*1-29(2)19-8-5-6-11-23(19)31-24-20(29)9-7-10-21(24)30(3,4)22-15-16(35-28(22)31)14-18-25(32)17-12-13-34-27(17)26(18)33/h2*5-17H,1-4H3;2*5-15H,1-4H3/b2*22-15-;2*18-14-. The first-order valence-electron chi connectivity index (χ1n) is 49.9. The van der Waals surface area contributed by atoms with Gasteiger partial charge in [-0.05, 0) is 0 Å². The Morgan fingerprint density at radius 1 is 0.236 bits per heavy atom. The molecule has 0 unspecified atom stereocenters. The Morgan fingerprint density at radius 2 is 0.520 bits per heavy atom. The molecule has 0 atom stereocenters. The minimum absolute atomic E-state index is 0.0191. The first-order valence-corrected chi connectivity index (χ1v) is 62.2. The second-order valence-corrected chi connectivity index (χ2v) is 59.3. The van der Waals surface area contributed by atoms with Crippen LogP contribution >= 0.6 is 22.7 Å². The fraction of sp³-hybridized carbons (Fsp3) is 0.188. The maximum atomic E-state index is 13.5. The van der Waals surface area contributed by atoms with Gasteiger partial charge in [-0.3, -0.25) is 0 Å². The van der Waals surface area contributed by atoms with Crippen molar-refractivity contribution in [3.05, 3.63) is 435 Å². The van der Waals surface area contributed by atoms with Crippen molar-refractivity contribution < 1.29 is 38.4 Å². The van der Waals surface area contributed by atoms with E-state index in [1.54, 1.807) is 17.4 Å². The number of ketones is 8. The van der Waals surface area contributed by atoms with Gasteiger partial charge < -0.3 is 0 Å². The molecule has 12 aliphatic rings. The summed E-state index contributed by atoms with van der Waals surface area (Å²) in [6.45, 7) is 37.0. The van der Waals surface area contributed by atoms with E-state index >= 15 is 0 Å². The van der Waals surface area contributed by atoms with Gasteiger partial charge in [0, 0.05) is 0 Å². The number of para-hydroxylation sites is 8. The number of nitrogens with zero attached hydrogens (tertiary/aromatic N) is 4. The first kappa shape index (κ1) is 94.1. The number of anilines is 12. The van der Waals surface area contributed by atoms with Crippen molar-refractivity contribution in [3.63, 3.8) is 0 Å². The molecule has 0 saturated heterocycles. The summed E-state index contributed by atoms with van der Waals surface area (Å²) >= 11 is 3.01. The van der Waals surface area contributed by atoms with Crippen LogP contribution in [0.25, 0.3) is 44.0 Å². The van der Waals surface area contributed by atoms with E-state index in [0.717, 1.165) is 37.7 Å². The van der Waals surface area contributed by atoms with Crippen molar-refractivity contribution in [2.24, 2.45) is 0 Å². The van der Waals surface area contributed by atoms with Gasteiger partial charge in [-0.2, -0.15) is 0 Å². The van der Waals surface area contributed by atoms with Gasteiger partial charge in [-0.1, -0.05) is 0 Å². The van der Waals surface area contributed by atoms with Gasteiger partial charge >= 0.3 is 911 Å². The third-order valence-electron chi connectivity index (χ3n) is 33.6. The number of fused-ring (bicyclic) bond motifs is 22. The molecule has 0 spiro atoms. The monoisotopic (exact) mass is 2360 g/mol. The molecular weight excluding hydrogens is 2260 g/mol. The van der Waals surface area contributed by atoms with E-state index in [2.05, 4.69) is 336 Å². The molecule has 0 saturated carbocycles. The van der Waals surface area contributed by atoms with E-state index in [1.807, 2.05) is 76.4 Å². The van der Waals surface area contributed by atoms with Gasteiger partial charge in [-0.25, -0.2) is 0 Å². The van der Waals surface area contributed by atoms with Crippen LogP contribution in [0.5, 0.6) is 0 Å². The molecule has 18 aromatic rings. The van der Waals surface area contributed by atoms with Crippen LogP contribution in [-0.4, -0.2) is 133 Å². The van der Waals surface area contributed by atoms with Gasteiger partial charge in [0.15, 0.2) is 0 Å². The Hall–Kier alpha value is -12.4. The van der Waals surface area contributed by atoms with E-state index in [-0.39, 0.29) is 177 Å². The molecule has 8 aliphatic heterocycles. The van der Waals surface area contributed by atoms with Crippen LogP contribution in [0.15, 0.2) is 286 Å². The summed E-state index contributed by atoms with van der Waals surface area (Å²) in [5.41, 5.74) is 34.8. The summed E-state index contributed by atoms with van der Waals surface area (Å²) in [5.74, 6) is -0.997. The summed E-state index contributed by atoms with van der Waals surface area (Å²) in [5, 5.41) is 5.92. The molecule has 30 rings (SSSR count). The zero-order chi connectivity index (χ0) is 102. The van der Waals surface area contributed by atoms with E-state index in [0.29, 0.717) is 60.6 Å². The third-order valence-corrected chi connectivity index (χ3v) is 48.1. The predicted molar refractivity (Wildman–Crippen MR) is 606 cm³/mol. The quantitative estimate of drug-likeness (QED) is 0.0937. The van der Waals surface area contributed by atoms with Crippen molar-refractivity contribution in [1.82, 2.24) is 0 Å². The molecular formula is C128H96N4O8S2Se6. The number of benzene rings is 10. The van der Waals surface area contributed by atoms with Crippen LogP contribution in [-0.2, 0) is 43.3 Å². The average Bonchev–Trinajstić information content (AvgIpc) is 1.06. The number of hydrogen-bond donors (Lipinski definition) is 0. The van der Waals surface area contributed by atoms with E-state index < -0.39 is 0 Å². The Bertz CT molecular complexity index is 8650. The van der Waals surface area contributed by atoms with Gasteiger partial charge in [0.2, 0.25) is 0 Å². The van der Waals surface area contributed by atoms with Gasteiger partial charge in [0.25, 0.3) is 0 Å². The summed E-state index contributed by atoms with van der Waals surface area (Å²) in [6, 6.07) is 86.3. The molecule has 10 aromatic carbocycles. The molecule has 724 valence electrons. The van der Waals surface area contributed by atoms with Crippen molar-refractivity contribution in [2.45, 2.75) is 154 Å². The molecule has 20 heteroatoms. The SMILES string of the molecule is CC1(C)c2ccccc2N2c3[se]c(/C=C4/C(=O)c5cc6cc[se]c6cc5C4=O)cc3C(C)(C)c3cccc1c32.CC1(C)c2ccccc2N2c3[se]c(/C=C4/C(=O)c5cc6ccsc6cc5C4=O)cc3C(C)(C)c3cccc1c32.CC1(C)c2ccccc2N2c3[se]c(/C=C4/C(=O)c5cc[se]c5C4=O)cc3C(C)(C)c3cccc1c32.CC1(C)c2ccccc2N2c3[se]c(/C=C4/C(=O)c5ccsc5C4=O)cc3C(C)(C)c3cccc1c32. The number of carbonyl (C=O) groups excluding carboxylic acids is 8. The summed E-state index contributed by atoms with van der Waals surface area (Å²) in [4.78, 5) is 120. The fourth-order valence-corrected chi connectivity index (χ4v) is 41.4. The molecule has 148 heavy (non-hydrogen) atoms. The van der Waals surface area contributed by atoms with Gasteiger partial charge in [-0.15, -0.1) is 0 Å². The second kappa shape index (κ2) is 32.6. The van der Waals surface area contributed by atoms with Crippen LogP contribution in [0, 0.1) is 0 Å². The number of Topliss-reactive ketones (excluding diaryl/α,β-unsaturated/α-hetero) is 8. The number of rotatable bonds is 4. The fourth-order valence-electron chi connectivity index (χ4n) is 25.5. The summed E-state index contributed by atoms with van der Waals surface area (Å²) < 4.78 is 12.5. The van der Waals surface area contributed by atoms with E-state index in [1.165, 1.54) is 168 Å². The average molecular weight is 2360 g/mol. The van der Waals surface area contributed by atoms with Crippen LogP contribution in [0.4, 0.5) is 63.7 Å². The molecule has 4 aliphatic carbocycles. The Balaban J connectivity index is 0.0000000975. The van der Waals surface area contributed by atoms with Crippen molar-refractivity contribution in [1.29, 1.82) is 0 Å².